The summed E-state index contributed by atoms with van der Waals surface area (Å²) >= 11 is 0. The van der Waals surface area contributed by atoms with Gasteiger partial charge in [0, 0.05) is 6.07 Å². The molecule has 2 rings (SSSR count). The smallest absolute Gasteiger partial charge is 0.338 e. The molecule has 1 amide bonds. The number of carbonyl (C=O) groups excluding carboxylic acids is 2. The number of anilines is 1. The Morgan fingerprint density at radius 3 is 2.33 bits per heavy atom. The second-order valence-electron chi connectivity index (χ2n) is 4.63. The van der Waals surface area contributed by atoms with Crippen LogP contribution in [0, 0.1) is 10.1 Å². The SMILES string of the molecule is COC(=O)c1ccccc1C(=O)Nc1ccc([N+](=O)[O-])cc1OC. The highest BCUT2D eigenvalue weighted by Gasteiger charge is 2.19. The first-order valence-corrected chi connectivity index (χ1v) is 6.79. The van der Waals surface area contributed by atoms with Crippen LogP contribution in [0.1, 0.15) is 20.7 Å². The number of esters is 1. The Morgan fingerprint density at radius 1 is 1.08 bits per heavy atom. The molecule has 24 heavy (non-hydrogen) atoms. The van der Waals surface area contributed by atoms with E-state index < -0.39 is 16.8 Å². The van der Waals surface area contributed by atoms with Crippen molar-refractivity contribution in [3.05, 3.63) is 63.7 Å². The summed E-state index contributed by atoms with van der Waals surface area (Å²) in [5.41, 5.74) is 0.302. The first kappa shape index (κ1) is 16.9. The molecule has 0 saturated carbocycles. The molecule has 124 valence electrons. The molecule has 0 bridgehead atoms. The quantitative estimate of drug-likeness (QED) is 0.513. The molecule has 0 unspecified atom stereocenters. The van der Waals surface area contributed by atoms with Crippen molar-refractivity contribution in [1.29, 1.82) is 0 Å². The van der Waals surface area contributed by atoms with Crippen molar-refractivity contribution in [3.63, 3.8) is 0 Å². The van der Waals surface area contributed by atoms with Crippen LogP contribution in [0.4, 0.5) is 11.4 Å². The summed E-state index contributed by atoms with van der Waals surface area (Å²) in [4.78, 5) is 34.4. The van der Waals surface area contributed by atoms with Gasteiger partial charge in [0.15, 0.2) is 0 Å². The fraction of sp³-hybridized carbons (Fsp3) is 0.125. The fourth-order valence-electron chi connectivity index (χ4n) is 2.06. The molecule has 8 nitrogen and oxygen atoms in total. The normalized spacial score (nSPS) is 9.92. The maximum absolute atomic E-state index is 12.4. The number of rotatable bonds is 5. The van der Waals surface area contributed by atoms with Crippen LogP contribution >= 0.6 is 0 Å². The van der Waals surface area contributed by atoms with E-state index in [1.54, 1.807) is 12.1 Å². The largest absolute Gasteiger partial charge is 0.494 e. The summed E-state index contributed by atoms with van der Waals surface area (Å²) in [6.07, 6.45) is 0. The second-order valence-corrected chi connectivity index (χ2v) is 4.63. The lowest BCUT2D eigenvalue weighted by atomic mass is 10.1. The summed E-state index contributed by atoms with van der Waals surface area (Å²) in [6.45, 7) is 0. The Morgan fingerprint density at radius 2 is 1.75 bits per heavy atom. The van der Waals surface area contributed by atoms with Crippen molar-refractivity contribution < 1.29 is 24.0 Å². The van der Waals surface area contributed by atoms with Crippen LogP contribution in [-0.2, 0) is 4.74 Å². The predicted molar refractivity (Wildman–Crippen MR) is 85.4 cm³/mol. The fourth-order valence-corrected chi connectivity index (χ4v) is 2.06. The van der Waals surface area contributed by atoms with Crippen LogP contribution in [0.25, 0.3) is 0 Å². The third kappa shape index (κ3) is 3.49. The van der Waals surface area contributed by atoms with E-state index in [-0.39, 0.29) is 28.3 Å². The molecule has 0 aromatic heterocycles. The average molecular weight is 330 g/mol. The molecule has 0 aliphatic heterocycles. The van der Waals surface area contributed by atoms with Gasteiger partial charge >= 0.3 is 5.97 Å². The highest BCUT2D eigenvalue weighted by Crippen LogP contribution is 2.29. The molecule has 0 saturated heterocycles. The first-order valence-electron chi connectivity index (χ1n) is 6.79. The lowest BCUT2D eigenvalue weighted by Gasteiger charge is -2.11. The monoisotopic (exact) mass is 330 g/mol. The molecule has 2 aromatic carbocycles. The Bertz CT molecular complexity index is 803. The van der Waals surface area contributed by atoms with E-state index in [0.29, 0.717) is 0 Å². The van der Waals surface area contributed by atoms with Crippen LogP contribution in [0.5, 0.6) is 5.75 Å². The van der Waals surface area contributed by atoms with Gasteiger partial charge in [-0.1, -0.05) is 12.1 Å². The number of hydrogen-bond donors (Lipinski definition) is 1. The van der Waals surface area contributed by atoms with Crippen LogP contribution < -0.4 is 10.1 Å². The van der Waals surface area contributed by atoms with Crippen LogP contribution in [0.15, 0.2) is 42.5 Å². The number of benzene rings is 2. The zero-order valence-electron chi connectivity index (χ0n) is 12.9. The lowest BCUT2D eigenvalue weighted by Crippen LogP contribution is -2.17. The molecular formula is C16H14N2O6. The standard InChI is InChI=1S/C16H14N2O6/c1-23-14-9-10(18(21)22)7-8-13(14)17-15(19)11-5-3-4-6-12(11)16(20)24-2/h3-9H,1-2H3,(H,17,19). The van der Waals surface area contributed by atoms with Crippen molar-refractivity contribution >= 4 is 23.3 Å². The molecule has 0 radical (unpaired) electrons. The third-order valence-corrected chi connectivity index (χ3v) is 3.22. The van der Waals surface area contributed by atoms with E-state index in [1.165, 1.54) is 44.6 Å². The molecule has 0 heterocycles. The highest BCUT2D eigenvalue weighted by atomic mass is 16.6. The Kier molecular flexibility index (Phi) is 5.10. The van der Waals surface area contributed by atoms with Gasteiger partial charge in [0.2, 0.25) is 0 Å². The maximum atomic E-state index is 12.4. The topological polar surface area (TPSA) is 108 Å². The number of nitrogens with one attached hydrogen (secondary N) is 1. The molecular weight excluding hydrogens is 316 g/mol. The van der Waals surface area contributed by atoms with Gasteiger partial charge in [0.25, 0.3) is 11.6 Å². The van der Waals surface area contributed by atoms with Gasteiger partial charge in [-0.2, -0.15) is 0 Å². The van der Waals surface area contributed by atoms with Crippen LogP contribution in [0.2, 0.25) is 0 Å². The highest BCUT2D eigenvalue weighted by molar-refractivity contribution is 6.11. The number of non-ortho nitro benzene ring substituents is 1. The number of nitro groups is 1. The van der Waals surface area contributed by atoms with E-state index in [9.17, 15) is 19.7 Å². The summed E-state index contributed by atoms with van der Waals surface area (Å²) in [7, 11) is 2.55. The van der Waals surface area contributed by atoms with Crippen molar-refractivity contribution in [2.45, 2.75) is 0 Å². The van der Waals surface area contributed by atoms with Gasteiger partial charge in [0.05, 0.1) is 42.0 Å². The Labute approximate surface area is 137 Å². The van der Waals surface area contributed by atoms with Gasteiger partial charge in [-0.05, 0) is 18.2 Å². The van der Waals surface area contributed by atoms with Crippen molar-refractivity contribution in [3.8, 4) is 5.75 Å². The minimum absolute atomic E-state index is 0.110. The number of carbonyl (C=O) groups is 2. The number of methoxy groups -OCH3 is 2. The summed E-state index contributed by atoms with van der Waals surface area (Å²) in [6, 6.07) is 9.94. The zero-order chi connectivity index (χ0) is 17.7. The van der Waals surface area contributed by atoms with Gasteiger partial charge in [-0.15, -0.1) is 0 Å². The Hall–Kier alpha value is -3.42. The lowest BCUT2D eigenvalue weighted by molar-refractivity contribution is -0.384. The van der Waals surface area contributed by atoms with E-state index in [1.807, 2.05) is 0 Å². The van der Waals surface area contributed by atoms with Crippen molar-refractivity contribution in [2.75, 3.05) is 19.5 Å². The predicted octanol–water partition coefficient (Wildman–Crippen LogP) is 2.64. The molecule has 0 spiro atoms. The van der Waals surface area contributed by atoms with E-state index >= 15 is 0 Å². The van der Waals surface area contributed by atoms with Gasteiger partial charge in [0.1, 0.15) is 5.75 Å². The number of amides is 1. The molecule has 2 aromatic rings. The van der Waals surface area contributed by atoms with Crippen LogP contribution in [0.3, 0.4) is 0 Å². The molecule has 0 aliphatic carbocycles. The average Bonchev–Trinajstić information content (AvgIpc) is 2.61. The summed E-state index contributed by atoms with van der Waals surface area (Å²) in [5, 5.41) is 13.4. The zero-order valence-corrected chi connectivity index (χ0v) is 12.9. The van der Waals surface area contributed by atoms with Crippen LogP contribution in [-0.4, -0.2) is 31.0 Å². The minimum atomic E-state index is -0.642. The van der Waals surface area contributed by atoms with Crippen molar-refractivity contribution in [2.24, 2.45) is 0 Å². The van der Waals surface area contributed by atoms with Gasteiger partial charge in [-0.3, -0.25) is 14.9 Å². The van der Waals surface area contributed by atoms with E-state index in [4.69, 9.17) is 4.74 Å². The molecule has 8 heteroatoms. The maximum Gasteiger partial charge on any atom is 0.338 e. The van der Waals surface area contributed by atoms with E-state index in [2.05, 4.69) is 10.1 Å². The molecule has 1 N–H and O–H groups in total. The summed E-state index contributed by atoms with van der Waals surface area (Å²) < 4.78 is 9.71. The van der Waals surface area contributed by atoms with Gasteiger partial charge in [-0.25, -0.2) is 4.79 Å². The first-order chi connectivity index (χ1) is 11.5. The number of hydrogen-bond acceptors (Lipinski definition) is 6. The van der Waals surface area contributed by atoms with Gasteiger partial charge < -0.3 is 14.8 Å². The van der Waals surface area contributed by atoms with E-state index in [0.717, 1.165) is 0 Å². The van der Waals surface area contributed by atoms with Crippen molar-refractivity contribution in [1.82, 2.24) is 0 Å². The minimum Gasteiger partial charge on any atom is -0.494 e. The number of nitrogens with zero attached hydrogens (tertiary/aromatic N) is 1. The second kappa shape index (κ2) is 7.23. The third-order valence-electron chi connectivity index (χ3n) is 3.22. The number of ether oxygens (including phenoxy) is 2. The molecule has 0 aliphatic rings. The molecule has 0 fully saturated rings. The molecule has 0 atom stereocenters. The Balaban J connectivity index is 2.34. The summed E-state index contributed by atoms with van der Waals surface area (Å²) in [5.74, 6) is -1.08. The number of nitro benzene ring substituents is 1.